The van der Waals surface area contributed by atoms with Crippen LogP contribution in [0.4, 0.5) is 0 Å². The zero-order valence-corrected chi connectivity index (χ0v) is 8.40. The van der Waals surface area contributed by atoms with Crippen molar-refractivity contribution in [3.8, 4) is 0 Å². The lowest BCUT2D eigenvalue weighted by Crippen LogP contribution is -2.55. The summed E-state index contributed by atoms with van der Waals surface area (Å²) in [5.74, 6) is 0. The molecule has 1 unspecified atom stereocenters. The number of nitrogens with zero attached hydrogens (tertiary/aromatic N) is 1. The highest BCUT2D eigenvalue weighted by molar-refractivity contribution is 7.80. The molecule has 0 saturated carbocycles. The molecular formula is C8H15N3OS. The van der Waals surface area contributed by atoms with Crippen molar-refractivity contribution in [3.63, 3.8) is 0 Å². The largest absolute Gasteiger partial charge is 0.377 e. The van der Waals surface area contributed by atoms with E-state index < -0.39 is 0 Å². The van der Waals surface area contributed by atoms with Gasteiger partial charge in [0.25, 0.3) is 0 Å². The molecule has 0 spiro atoms. The Morgan fingerprint density at radius 1 is 1.46 bits per heavy atom. The van der Waals surface area contributed by atoms with Gasteiger partial charge in [-0.3, -0.25) is 4.90 Å². The van der Waals surface area contributed by atoms with Crippen molar-refractivity contribution < 1.29 is 4.74 Å². The van der Waals surface area contributed by atoms with Gasteiger partial charge < -0.3 is 15.4 Å². The minimum absolute atomic E-state index is 0.426. The first kappa shape index (κ1) is 9.18. The summed E-state index contributed by atoms with van der Waals surface area (Å²) in [6.45, 7) is 3.61. The summed E-state index contributed by atoms with van der Waals surface area (Å²) in [5.41, 5.74) is 0. The normalized spacial score (nSPS) is 29.8. The van der Waals surface area contributed by atoms with Gasteiger partial charge in [0.1, 0.15) is 0 Å². The summed E-state index contributed by atoms with van der Waals surface area (Å²) in [5, 5.41) is 6.95. The van der Waals surface area contributed by atoms with Gasteiger partial charge in [0.05, 0.1) is 19.4 Å². The second-order valence-corrected chi connectivity index (χ2v) is 3.90. The molecule has 1 atom stereocenters. The van der Waals surface area contributed by atoms with Gasteiger partial charge in [-0.05, 0) is 25.1 Å². The van der Waals surface area contributed by atoms with Crippen LogP contribution in [0.3, 0.4) is 0 Å². The third kappa shape index (κ3) is 2.52. The monoisotopic (exact) mass is 201 g/mol. The SMILES string of the molecule is S=C1NCN(CC2CCCO2)CN1. The van der Waals surface area contributed by atoms with E-state index in [9.17, 15) is 0 Å². The molecule has 5 heteroatoms. The van der Waals surface area contributed by atoms with E-state index in [0.29, 0.717) is 6.10 Å². The lowest BCUT2D eigenvalue weighted by Gasteiger charge is -2.30. The van der Waals surface area contributed by atoms with Crippen LogP contribution in [0.1, 0.15) is 12.8 Å². The summed E-state index contributed by atoms with van der Waals surface area (Å²) in [4.78, 5) is 2.27. The van der Waals surface area contributed by atoms with E-state index in [-0.39, 0.29) is 0 Å². The van der Waals surface area contributed by atoms with Gasteiger partial charge in [-0.25, -0.2) is 0 Å². The first-order valence-corrected chi connectivity index (χ1v) is 5.11. The fourth-order valence-electron chi connectivity index (χ4n) is 1.69. The van der Waals surface area contributed by atoms with Crippen molar-refractivity contribution in [2.45, 2.75) is 18.9 Å². The van der Waals surface area contributed by atoms with Gasteiger partial charge in [-0.1, -0.05) is 0 Å². The maximum absolute atomic E-state index is 5.55. The van der Waals surface area contributed by atoms with Gasteiger partial charge in [0.2, 0.25) is 0 Å². The number of hydrogen-bond acceptors (Lipinski definition) is 3. The molecule has 0 amide bonds. The third-order valence-electron chi connectivity index (χ3n) is 2.41. The Balaban J connectivity index is 1.72. The minimum atomic E-state index is 0.426. The van der Waals surface area contributed by atoms with Crippen molar-refractivity contribution in [1.29, 1.82) is 0 Å². The van der Waals surface area contributed by atoms with Crippen molar-refractivity contribution >= 4 is 17.3 Å². The van der Waals surface area contributed by atoms with E-state index in [2.05, 4.69) is 15.5 Å². The van der Waals surface area contributed by atoms with Crippen LogP contribution in [-0.2, 0) is 4.74 Å². The van der Waals surface area contributed by atoms with Crippen LogP contribution in [0.5, 0.6) is 0 Å². The predicted molar refractivity (Wildman–Crippen MR) is 54.3 cm³/mol. The summed E-state index contributed by atoms with van der Waals surface area (Å²) in [7, 11) is 0. The average Bonchev–Trinajstić information content (AvgIpc) is 2.62. The van der Waals surface area contributed by atoms with Crippen LogP contribution in [-0.4, -0.2) is 42.6 Å². The maximum atomic E-state index is 5.55. The van der Waals surface area contributed by atoms with Crippen LogP contribution in [0, 0.1) is 0 Å². The van der Waals surface area contributed by atoms with Gasteiger partial charge >= 0.3 is 0 Å². The number of rotatable bonds is 2. The molecule has 2 heterocycles. The Labute approximate surface area is 83.6 Å². The molecule has 2 fully saturated rings. The maximum Gasteiger partial charge on any atom is 0.168 e. The highest BCUT2D eigenvalue weighted by Gasteiger charge is 2.20. The van der Waals surface area contributed by atoms with E-state index in [1.54, 1.807) is 0 Å². The fourth-order valence-corrected chi connectivity index (χ4v) is 1.82. The van der Waals surface area contributed by atoms with Crippen molar-refractivity contribution in [1.82, 2.24) is 15.5 Å². The van der Waals surface area contributed by atoms with Gasteiger partial charge in [-0.2, -0.15) is 0 Å². The Morgan fingerprint density at radius 2 is 2.23 bits per heavy atom. The lowest BCUT2D eigenvalue weighted by molar-refractivity contribution is 0.0683. The molecule has 2 aliphatic heterocycles. The van der Waals surface area contributed by atoms with Gasteiger partial charge in [0.15, 0.2) is 5.11 Å². The quantitative estimate of drug-likeness (QED) is 0.608. The van der Waals surface area contributed by atoms with Gasteiger partial charge in [-0.15, -0.1) is 0 Å². The molecule has 0 bridgehead atoms. The highest BCUT2D eigenvalue weighted by Crippen LogP contribution is 2.12. The second kappa shape index (κ2) is 4.21. The van der Waals surface area contributed by atoms with Crippen molar-refractivity contribution in [3.05, 3.63) is 0 Å². The molecule has 2 saturated heterocycles. The van der Waals surface area contributed by atoms with E-state index >= 15 is 0 Å². The summed E-state index contributed by atoms with van der Waals surface area (Å²) < 4.78 is 5.55. The van der Waals surface area contributed by atoms with Crippen molar-refractivity contribution in [2.75, 3.05) is 26.5 Å². The minimum Gasteiger partial charge on any atom is -0.377 e. The molecule has 13 heavy (non-hydrogen) atoms. The summed E-state index contributed by atoms with van der Waals surface area (Å²) >= 11 is 4.96. The molecule has 0 radical (unpaired) electrons. The number of nitrogens with one attached hydrogen (secondary N) is 2. The average molecular weight is 201 g/mol. The Kier molecular flexibility index (Phi) is 2.97. The lowest BCUT2D eigenvalue weighted by atomic mass is 10.2. The Morgan fingerprint density at radius 3 is 2.85 bits per heavy atom. The van der Waals surface area contributed by atoms with E-state index in [4.69, 9.17) is 17.0 Å². The summed E-state index contributed by atoms with van der Waals surface area (Å²) in [6, 6.07) is 0. The Bertz CT molecular complexity index is 184. The molecule has 0 aromatic rings. The molecule has 0 aromatic carbocycles. The zero-order valence-electron chi connectivity index (χ0n) is 7.58. The van der Waals surface area contributed by atoms with Gasteiger partial charge in [0, 0.05) is 13.2 Å². The molecule has 0 aliphatic carbocycles. The zero-order chi connectivity index (χ0) is 9.10. The van der Waals surface area contributed by atoms with Crippen molar-refractivity contribution in [2.24, 2.45) is 0 Å². The third-order valence-corrected chi connectivity index (χ3v) is 2.70. The Hall–Kier alpha value is -0.390. The van der Waals surface area contributed by atoms with E-state index in [1.165, 1.54) is 12.8 Å². The van der Waals surface area contributed by atoms with Crippen LogP contribution < -0.4 is 10.6 Å². The molecule has 2 aliphatic rings. The number of hydrogen-bond donors (Lipinski definition) is 2. The van der Waals surface area contributed by atoms with Crippen LogP contribution in [0.15, 0.2) is 0 Å². The second-order valence-electron chi connectivity index (χ2n) is 3.49. The van der Waals surface area contributed by atoms with Crippen LogP contribution in [0.2, 0.25) is 0 Å². The predicted octanol–water partition coefficient (Wildman–Crippen LogP) is -0.140. The highest BCUT2D eigenvalue weighted by atomic mass is 32.1. The number of thiocarbonyl (C=S) groups is 1. The van der Waals surface area contributed by atoms with Crippen LogP contribution in [0.25, 0.3) is 0 Å². The molecular weight excluding hydrogens is 186 g/mol. The molecule has 0 aromatic heterocycles. The molecule has 74 valence electrons. The molecule has 4 nitrogen and oxygen atoms in total. The number of ether oxygens (including phenoxy) is 1. The first-order chi connectivity index (χ1) is 6.34. The van der Waals surface area contributed by atoms with Crippen LogP contribution >= 0.6 is 12.2 Å². The molecule has 2 rings (SSSR count). The topological polar surface area (TPSA) is 36.5 Å². The smallest absolute Gasteiger partial charge is 0.168 e. The summed E-state index contributed by atoms with van der Waals surface area (Å²) in [6.07, 6.45) is 2.83. The first-order valence-electron chi connectivity index (χ1n) is 4.70. The fraction of sp³-hybridized carbons (Fsp3) is 0.875. The molecule has 2 N–H and O–H groups in total. The standard InChI is InChI=1S/C8H15N3OS/c13-8-9-5-11(6-10-8)4-7-2-1-3-12-7/h7H,1-6H2,(H2,9,10,13). The van der Waals surface area contributed by atoms with E-state index in [1.807, 2.05) is 0 Å². The van der Waals surface area contributed by atoms with E-state index in [0.717, 1.165) is 31.6 Å².